The Balaban J connectivity index is 2.12. The fourth-order valence-electron chi connectivity index (χ4n) is 2.42. The van der Waals surface area contributed by atoms with Crippen molar-refractivity contribution in [3.63, 3.8) is 0 Å². The summed E-state index contributed by atoms with van der Waals surface area (Å²) in [5.41, 5.74) is 0.740. The molecule has 3 rings (SSSR count). The zero-order chi connectivity index (χ0) is 11.8. The number of halogens is 1. The maximum atomic E-state index is 10.1. The smallest absolute Gasteiger partial charge is 0.169 e. The summed E-state index contributed by atoms with van der Waals surface area (Å²) >= 11 is 6.02. The second-order valence-corrected chi connectivity index (χ2v) is 4.70. The molecule has 2 aliphatic heterocycles. The van der Waals surface area contributed by atoms with E-state index in [1.165, 1.54) is 0 Å². The first-order valence-corrected chi connectivity index (χ1v) is 6.19. The summed E-state index contributed by atoms with van der Waals surface area (Å²) in [5.74, 6) is 1.37. The van der Waals surface area contributed by atoms with Crippen molar-refractivity contribution in [3.05, 3.63) is 16.7 Å². The first-order chi connectivity index (χ1) is 8.27. The van der Waals surface area contributed by atoms with Crippen molar-refractivity contribution >= 4 is 11.6 Å². The number of ether oxygens (including phenoxy) is 2. The lowest BCUT2D eigenvalue weighted by Crippen LogP contribution is -2.20. The Morgan fingerprint density at radius 3 is 2.94 bits per heavy atom. The van der Waals surface area contributed by atoms with E-state index in [0.29, 0.717) is 29.7 Å². The average molecular weight is 256 g/mol. The Morgan fingerprint density at radius 2 is 2.18 bits per heavy atom. The van der Waals surface area contributed by atoms with Gasteiger partial charge in [-0.2, -0.15) is 0 Å². The summed E-state index contributed by atoms with van der Waals surface area (Å²) in [6.07, 6.45) is 2.07. The van der Waals surface area contributed by atoms with Gasteiger partial charge in [-0.3, -0.25) is 0 Å². The molecular weight excluding hydrogens is 242 g/mol. The van der Waals surface area contributed by atoms with Gasteiger partial charge in [-0.25, -0.2) is 0 Å². The highest BCUT2D eigenvalue weighted by atomic mass is 35.5. The van der Waals surface area contributed by atoms with Gasteiger partial charge in [-0.05, 0) is 19.4 Å². The van der Waals surface area contributed by atoms with Gasteiger partial charge in [0.25, 0.3) is 0 Å². The predicted octanol–water partition coefficient (Wildman–Crippen LogP) is 2.24. The standard InChI is InChI=1S/C12H14ClNO3/c13-7-6-9-12(17-5-4-16-9)10(11(7)15)8-2-1-3-14-8/h6,8,14-15H,1-5H2. The molecule has 5 heteroatoms. The molecule has 0 bridgehead atoms. The normalized spacial score (nSPS) is 22.8. The van der Waals surface area contributed by atoms with E-state index in [2.05, 4.69) is 5.32 Å². The molecule has 1 unspecified atom stereocenters. The topological polar surface area (TPSA) is 50.7 Å². The molecule has 1 fully saturated rings. The van der Waals surface area contributed by atoms with E-state index in [1.807, 2.05) is 0 Å². The summed E-state index contributed by atoms with van der Waals surface area (Å²) in [6.45, 7) is 1.98. The molecule has 1 saturated heterocycles. The second kappa shape index (κ2) is 4.27. The lowest BCUT2D eigenvalue weighted by molar-refractivity contribution is 0.168. The van der Waals surface area contributed by atoms with E-state index in [4.69, 9.17) is 21.1 Å². The monoisotopic (exact) mass is 255 g/mol. The minimum Gasteiger partial charge on any atom is -0.506 e. The van der Waals surface area contributed by atoms with Crippen LogP contribution in [0.1, 0.15) is 24.4 Å². The Labute approximate surface area is 104 Å². The highest BCUT2D eigenvalue weighted by molar-refractivity contribution is 6.32. The quantitative estimate of drug-likeness (QED) is 0.808. The summed E-state index contributed by atoms with van der Waals surface area (Å²) in [7, 11) is 0. The lowest BCUT2D eigenvalue weighted by atomic mass is 10.0. The molecule has 1 atom stereocenters. The number of phenols is 1. The van der Waals surface area contributed by atoms with Crippen molar-refractivity contribution in [2.45, 2.75) is 18.9 Å². The summed E-state index contributed by atoms with van der Waals surface area (Å²) in [5, 5.41) is 13.8. The molecule has 0 saturated carbocycles. The minimum absolute atomic E-state index is 0.101. The number of hydrogen-bond donors (Lipinski definition) is 2. The van der Waals surface area contributed by atoms with Crippen LogP contribution in [0.2, 0.25) is 5.02 Å². The van der Waals surface area contributed by atoms with E-state index in [1.54, 1.807) is 6.07 Å². The number of benzene rings is 1. The minimum atomic E-state index is 0.101. The molecule has 17 heavy (non-hydrogen) atoms. The molecule has 0 radical (unpaired) electrons. The Kier molecular flexibility index (Phi) is 2.76. The molecule has 92 valence electrons. The number of nitrogens with one attached hydrogen (secondary N) is 1. The molecule has 2 aliphatic rings. The van der Waals surface area contributed by atoms with Crippen LogP contribution in [0.5, 0.6) is 17.2 Å². The predicted molar refractivity (Wildman–Crippen MR) is 64.1 cm³/mol. The summed E-state index contributed by atoms with van der Waals surface area (Å²) < 4.78 is 11.1. The van der Waals surface area contributed by atoms with Crippen LogP contribution in [0.15, 0.2) is 6.07 Å². The fraction of sp³-hybridized carbons (Fsp3) is 0.500. The maximum absolute atomic E-state index is 10.1. The van der Waals surface area contributed by atoms with Crippen LogP contribution < -0.4 is 14.8 Å². The van der Waals surface area contributed by atoms with Crippen molar-refractivity contribution in [2.75, 3.05) is 19.8 Å². The van der Waals surface area contributed by atoms with Gasteiger partial charge in [0.15, 0.2) is 11.5 Å². The van der Waals surface area contributed by atoms with E-state index in [9.17, 15) is 5.11 Å². The van der Waals surface area contributed by atoms with Crippen LogP contribution in [-0.4, -0.2) is 24.9 Å². The van der Waals surface area contributed by atoms with Crippen LogP contribution in [0.4, 0.5) is 0 Å². The van der Waals surface area contributed by atoms with E-state index >= 15 is 0 Å². The fourth-order valence-corrected chi connectivity index (χ4v) is 2.62. The summed E-state index contributed by atoms with van der Waals surface area (Å²) in [4.78, 5) is 0. The zero-order valence-corrected chi connectivity index (χ0v) is 10.1. The van der Waals surface area contributed by atoms with Crippen molar-refractivity contribution in [1.29, 1.82) is 0 Å². The van der Waals surface area contributed by atoms with Crippen molar-refractivity contribution in [1.82, 2.24) is 5.32 Å². The first kappa shape index (κ1) is 11.0. The molecule has 1 aromatic carbocycles. The van der Waals surface area contributed by atoms with Crippen molar-refractivity contribution < 1.29 is 14.6 Å². The van der Waals surface area contributed by atoms with Gasteiger partial charge in [0.05, 0.1) is 10.6 Å². The highest BCUT2D eigenvalue weighted by Crippen LogP contribution is 2.48. The SMILES string of the molecule is Oc1c(Cl)cc2c(c1C1CCCN1)OCCO2. The second-order valence-electron chi connectivity index (χ2n) is 4.29. The molecule has 0 spiro atoms. The molecule has 4 nitrogen and oxygen atoms in total. The van der Waals surface area contributed by atoms with Crippen LogP contribution in [0.3, 0.4) is 0 Å². The van der Waals surface area contributed by atoms with Gasteiger partial charge in [-0.1, -0.05) is 11.6 Å². The van der Waals surface area contributed by atoms with Gasteiger partial charge in [0.1, 0.15) is 19.0 Å². The summed E-state index contributed by atoms with van der Waals surface area (Å²) in [6, 6.07) is 1.72. The zero-order valence-electron chi connectivity index (χ0n) is 9.33. The Morgan fingerprint density at radius 1 is 1.35 bits per heavy atom. The number of rotatable bonds is 1. The largest absolute Gasteiger partial charge is 0.506 e. The van der Waals surface area contributed by atoms with Gasteiger partial charge in [0, 0.05) is 12.1 Å². The highest BCUT2D eigenvalue weighted by Gasteiger charge is 2.29. The van der Waals surface area contributed by atoms with Gasteiger partial charge >= 0.3 is 0 Å². The average Bonchev–Trinajstić information content (AvgIpc) is 2.84. The number of hydrogen-bond acceptors (Lipinski definition) is 4. The Bertz CT molecular complexity index is 444. The number of fused-ring (bicyclic) bond motifs is 1. The third-order valence-corrected chi connectivity index (χ3v) is 3.49. The molecule has 0 aromatic heterocycles. The van der Waals surface area contributed by atoms with E-state index in [-0.39, 0.29) is 11.8 Å². The van der Waals surface area contributed by atoms with Gasteiger partial charge in [-0.15, -0.1) is 0 Å². The number of aromatic hydroxyl groups is 1. The molecule has 0 aliphatic carbocycles. The Hall–Kier alpha value is -1.13. The molecule has 2 heterocycles. The maximum Gasteiger partial charge on any atom is 0.169 e. The van der Waals surface area contributed by atoms with E-state index < -0.39 is 0 Å². The molecular formula is C12H14ClNO3. The van der Waals surface area contributed by atoms with Crippen LogP contribution in [0.25, 0.3) is 0 Å². The molecule has 0 amide bonds. The van der Waals surface area contributed by atoms with Crippen LogP contribution >= 0.6 is 11.6 Å². The first-order valence-electron chi connectivity index (χ1n) is 5.81. The van der Waals surface area contributed by atoms with Crippen molar-refractivity contribution in [2.24, 2.45) is 0 Å². The van der Waals surface area contributed by atoms with Crippen LogP contribution in [-0.2, 0) is 0 Å². The lowest BCUT2D eigenvalue weighted by Gasteiger charge is -2.25. The van der Waals surface area contributed by atoms with Gasteiger partial charge < -0.3 is 19.9 Å². The van der Waals surface area contributed by atoms with Crippen molar-refractivity contribution in [3.8, 4) is 17.2 Å². The van der Waals surface area contributed by atoms with E-state index in [0.717, 1.165) is 24.9 Å². The third-order valence-electron chi connectivity index (χ3n) is 3.20. The number of phenolic OH excluding ortho intramolecular Hbond substituents is 1. The van der Waals surface area contributed by atoms with Gasteiger partial charge in [0.2, 0.25) is 0 Å². The van der Waals surface area contributed by atoms with Crippen LogP contribution in [0, 0.1) is 0 Å². The molecule has 2 N–H and O–H groups in total. The molecule has 1 aromatic rings. The third kappa shape index (κ3) is 1.81.